The zero-order valence-electron chi connectivity index (χ0n) is 11.8. The van der Waals surface area contributed by atoms with Gasteiger partial charge in [0.2, 0.25) is 0 Å². The van der Waals surface area contributed by atoms with Crippen LogP contribution < -0.4 is 0 Å². The molecule has 0 unspecified atom stereocenters. The van der Waals surface area contributed by atoms with Crippen LogP contribution >= 0.6 is 0 Å². The molecular weight excluding hydrogens is 270 g/mol. The number of nitriles is 1. The van der Waals surface area contributed by atoms with E-state index in [1.807, 2.05) is 24.0 Å². The molecule has 0 bridgehead atoms. The van der Waals surface area contributed by atoms with Crippen LogP contribution in [-0.4, -0.2) is 11.4 Å². The Balaban J connectivity index is 2.14. The summed E-state index contributed by atoms with van der Waals surface area (Å²) in [5.41, 5.74) is 1.76. The lowest BCUT2D eigenvalue weighted by Gasteiger charge is -2.21. The molecule has 0 aliphatic carbocycles. The van der Waals surface area contributed by atoms with Crippen LogP contribution in [0.4, 0.5) is 8.78 Å². The van der Waals surface area contributed by atoms with Crippen molar-refractivity contribution in [1.82, 2.24) is 4.90 Å². The summed E-state index contributed by atoms with van der Waals surface area (Å²) in [5.74, 6) is -0.604. The zero-order chi connectivity index (χ0) is 15.2. The van der Waals surface area contributed by atoms with Gasteiger partial charge in [-0.2, -0.15) is 5.26 Å². The highest BCUT2D eigenvalue weighted by Gasteiger charge is 2.10. The quantitative estimate of drug-likeness (QED) is 0.834. The van der Waals surface area contributed by atoms with Gasteiger partial charge in [0.05, 0.1) is 11.6 Å². The highest BCUT2D eigenvalue weighted by Crippen LogP contribution is 2.15. The number of hydrogen-bond donors (Lipinski definition) is 0. The lowest BCUT2D eigenvalue weighted by Crippen LogP contribution is -2.23. The topological polar surface area (TPSA) is 27.0 Å². The SMILES string of the molecule is CCN(Cc1cccc(F)c1)Cc1cc(C#N)ccc1F. The standard InChI is InChI=1S/C17H16F2N2/c1-2-21(11-14-4-3-5-16(18)9-14)12-15-8-13(10-20)6-7-17(15)19/h3-9H,2,11-12H2,1H3. The third-order valence-electron chi connectivity index (χ3n) is 3.31. The summed E-state index contributed by atoms with van der Waals surface area (Å²) in [4.78, 5) is 1.99. The molecule has 0 heterocycles. The Kier molecular flexibility index (Phi) is 5.02. The van der Waals surface area contributed by atoms with Gasteiger partial charge < -0.3 is 0 Å². The molecule has 0 fully saturated rings. The molecule has 2 rings (SSSR count). The molecular formula is C17H16F2N2. The smallest absolute Gasteiger partial charge is 0.127 e. The fraction of sp³-hybridized carbons (Fsp3) is 0.235. The summed E-state index contributed by atoms with van der Waals surface area (Å²) in [7, 11) is 0. The molecule has 0 saturated carbocycles. The van der Waals surface area contributed by atoms with Gasteiger partial charge in [0, 0.05) is 18.7 Å². The van der Waals surface area contributed by atoms with Gasteiger partial charge in [-0.05, 0) is 42.4 Å². The van der Waals surface area contributed by atoms with Crippen molar-refractivity contribution in [3.05, 3.63) is 70.8 Å². The Labute approximate surface area is 123 Å². The highest BCUT2D eigenvalue weighted by atomic mass is 19.1. The third kappa shape index (κ3) is 4.11. The van der Waals surface area contributed by atoms with E-state index in [2.05, 4.69) is 0 Å². The van der Waals surface area contributed by atoms with Crippen LogP contribution in [0.1, 0.15) is 23.6 Å². The molecule has 108 valence electrons. The normalized spacial score (nSPS) is 10.6. The minimum absolute atomic E-state index is 0.277. The summed E-state index contributed by atoms with van der Waals surface area (Å²) in [6.45, 7) is 3.58. The van der Waals surface area contributed by atoms with Crippen LogP contribution in [0.2, 0.25) is 0 Å². The van der Waals surface area contributed by atoms with Gasteiger partial charge in [0.25, 0.3) is 0 Å². The van der Waals surface area contributed by atoms with E-state index in [0.29, 0.717) is 30.8 Å². The maximum Gasteiger partial charge on any atom is 0.127 e. The number of hydrogen-bond acceptors (Lipinski definition) is 2. The van der Waals surface area contributed by atoms with Gasteiger partial charge in [0.15, 0.2) is 0 Å². The van der Waals surface area contributed by atoms with E-state index in [1.165, 1.54) is 24.3 Å². The molecule has 0 radical (unpaired) electrons. The average Bonchev–Trinajstić information content (AvgIpc) is 2.48. The van der Waals surface area contributed by atoms with Crippen LogP contribution in [0, 0.1) is 23.0 Å². The average molecular weight is 286 g/mol. The van der Waals surface area contributed by atoms with Crippen LogP contribution in [0.5, 0.6) is 0 Å². The van der Waals surface area contributed by atoms with Crippen molar-refractivity contribution in [2.45, 2.75) is 20.0 Å². The first kappa shape index (κ1) is 15.1. The van der Waals surface area contributed by atoms with Crippen LogP contribution in [0.25, 0.3) is 0 Å². The lowest BCUT2D eigenvalue weighted by molar-refractivity contribution is 0.267. The van der Waals surface area contributed by atoms with E-state index in [0.717, 1.165) is 5.56 Å². The molecule has 2 aromatic carbocycles. The van der Waals surface area contributed by atoms with Crippen LogP contribution in [-0.2, 0) is 13.1 Å². The predicted molar refractivity (Wildman–Crippen MR) is 77.3 cm³/mol. The van der Waals surface area contributed by atoms with E-state index < -0.39 is 0 Å². The van der Waals surface area contributed by atoms with E-state index >= 15 is 0 Å². The Morgan fingerprint density at radius 1 is 1.10 bits per heavy atom. The molecule has 0 amide bonds. The molecule has 0 saturated heterocycles. The number of rotatable bonds is 5. The fourth-order valence-electron chi connectivity index (χ4n) is 2.18. The van der Waals surface area contributed by atoms with Crippen LogP contribution in [0.15, 0.2) is 42.5 Å². The van der Waals surface area contributed by atoms with Gasteiger partial charge in [-0.3, -0.25) is 4.90 Å². The highest BCUT2D eigenvalue weighted by molar-refractivity contribution is 5.33. The minimum Gasteiger partial charge on any atom is -0.295 e. The summed E-state index contributed by atoms with van der Waals surface area (Å²) in [6.07, 6.45) is 0. The van der Waals surface area contributed by atoms with Crippen LogP contribution in [0.3, 0.4) is 0 Å². The summed E-state index contributed by atoms with van der Waals surface area (Å²) < 4.78 is 27.0. The first-order valence-corrected chi connectivity index (χ1v) is 6.77. The largest absolute Gasteiger partial charge is 0.295 e. The molecule has 0 spiro atoms. The van der Waals surface area contributed by atoms with Crippen molar-refractivity contribution in [3.8, 4) is 6.07 Å². The Morgan fingerprint density at radius 2 is 1.90 bits per heavy atom. The van der Waals surface area contributed by atoms with E-state index in [1.54, 1.807) is 12.1 Å². The van der Waals surface area contributed by atoms with E-state index in [9.17, 15) is 8.78 Å². The molecule has 2 aromatic rings. The molecule has 0 aromatic heterocycles. The second-order valence-electron chi connectivity index (χ2n) is 4.85. The molecule has 0 atom stereocenters. The van der Waals surface area contributed by atoms with Crippen molar-refractivity contribution >= 4 is 0 Å². The van der Waals surface area contributed by atoms with Crippen molar-refractivity contribution in [2.24, 2.45) is 0 Å². The fourth-order valence-corrected chi connectivity index (χ4v) is 2.18. The summed E-state index contributed by atoms with van der Waals surface area (Å²) >= 11 is 0. The molecule has 0 N–H and O–H groups in total. The minimum atomic E-state index is -0.327. The van der Waals surface area contributed by atoms with Gasteiger partial charge >= 0.3 is 0 Å². The third-order valence-corrected chi connectivity index (χ3v) is 3.31. The van der Waals surface area contributed by atoms with Gasteiger partial charge in [-0.25, -0.2) is 8.78 Å². The van der Waals surface area contributed by atoms with Crippen molar-refractivity contribution in [2.75, 3.05) is 6.54 Å². The van der Waals surface area contributed by atoms with E-state index in [4.69, 9.17) is 5.26 Å². The van der Waals surface area contributed by atoms with Gasteiger partial charge in [-0.1, -0.05) is 19.1 Å². The summed E-state index contributed by atoms with van der Waals surface area (Å²) in [5, 5.41) is 8.88. The second kappa shape index (κ2) is 6.96. The van der Waals surface area contributed by atoms with Gasteiger partial charge in [0.1, 0.15) is 11.6 Å². The lowest BCUT2D eigenvalue weighted by atomic mass is 10.1. The number of benzene rings is 2. The molecule has 0 aliphatic heterocycles. The number of nitrogens with zero attached hydrogens (tertiary/aromatic N) is 2. The van der Waals surface area contributed by atoms with Gasteiger partial charge in [-0.15, -0.1) is 0 Å². The first-order chi connectivity index (χ1) is 10.1. The van der Waals surface area contributed by atoms with E-state index in [-0.39, 0.29) is 11.6 Å². The molecule has 4 heteroatoms. The summed E-state index contributed by atoms with van der Waals surface area (Å²) in [6, 6.07) is 12.7. The van der Waals surface area contributed by atoms with Crippen molar-refractivity contribution in [3.63, 3.8) is 0 Å². The van der Waals surface area contributed by atoms with Crippen molar-refractivity contribution in [1.29, 1.82) is 5.26 Å². The maximum atomic E-state index is 13.8. The Morgan fingerprint density at radius 3 is 2.57 bits per heavy atom. The second-order valence-corrected chi connectivity index (χ2v) is 4.85. The zero-order valence-corrected chi connectivity index (χ0v) is 11.8. The molecule has 2 nitrogen and oxygen atoms in total. The molecule has 0 aliphatic rings. The predicted octanol–water partition coefficient (Wildman–Crippen LogP) is 3.86. The first-order valence-electron chi connectivity index (χ1n) is 6.77. The maximum absolute atomic E-state index is 13.8. The Bertz CT molecular complexity index is 662. The number of halogens is 2. The Hall–Kier alpha value is -2.25. The monoisotopic (exact) mass is 286 g/mol. The molecule has 21 heavy (non-hydrogen) atoms. The van der Waals surface area contributed by atoms with Crippen molar-refractivity contribution < 1.29 is 8.78 Å².